The fourth-order valence-electron chi connectivity index (χ4n) is 0.497. The molecule has 0 saturated carbocycles. The molecule has 0 aliphatic rings. The van der Waals surface area contributed by atoms with Crippen LogP contribution in [0.5, 0.6) is 0 Å². The average Bonchev–Trinajstić information content (AvgIpc) is 2.51. The molecule has 1 aromatic heterocycles. The lowest BCUT2D eigenvalue weighted by Crippen LogP contribution is -2.15. The second-order valence-electron chi connectivity index (χ2n) is 1.91. The summed E-state index contributed by atoms with van der Waals surface area (Å²) in [6.07, 6.45) is 1.68. The topological polar surface area (TPSA) is 50.2 Å². The average molecular weight is 224 g/mol. The highest BCUT2D eigenvalue weighted by molar-refractivity contribution is 8.01. The van der Waals surface area contributed by atoms with Crippen molar-refractivity contribution in [2.45, 2.75) is 9.72 Å². The minimum absolute atomic E-state index is 0.352. The summed E-state index contributed by atoms with van der Waals surface area (Å²) in [6, 6.07) is 0. The molecule has 0 spiro atoms. The Labute approximate surface area is 82.8 Å². The van der Waals surface area contributed by atoms with Crippen molar-refractivity contribution in [3.05, 3.63) is 11.6 Å². The summed E-state index contributed by atoms with van der Waals surface area (Å²) in [4.78, 5) is 14.3. The number of carboxylic acids is 1. The largest absolute Gasteiger partial charge is 0.480 e. The van der Waals surface area contributed by atoms with Gasteiger partial charge in [-0.2, -0.15) is 0 Å². The zero-order chi connectivity index (χ0) is 8.97. The monoisotopic (exact) mass is 223 g/mol. The smallest absolute Gasteiger partial charge is 0.322 e. The lowest BCUT2D eigenvalue weighted by molar-refractivity contribution is -0.136. The predicted molar refractivity (Wildman–Crippen MR) is 50.1 cm³/mol. The Morgan fingerprint density at radius 2 is 2.67 bits per heavy atom. The van der Waals surface area contributed by atoms with Gasteiger partial charge in [0.15, 0.2) is 0 Å². The Morgan fingerprint density at radius 3 is 3.17 bits per heavy atom. The standard InChI is InChI=1S/C6H6ClNO2S2/c7-4(5(9)10)3-12-6-8-1-2-11-6/h1-2,4H,3H2,(H,9,10). The number of alkyl halides is 1. The second kappa shape index (κ2) is 4.69. The van der Waals surface area contributed by atoms with Crippen molar-refractivity contribution >= 4 is 40.7 Å². The summed E-state index contributed by atoms with van der Waals surface area (Å²) in [7, 11) is 0. The molecule has 0 saturated heterocycles. The van der Waals surface area contributed by atoms with Crippen LogP contribution in [0.1, 0.15) is 0 Å². The van der Waals surface area contributed by atoms with Crippen molar-refractivity contribution in [2.75, 3.05) is 5.75 Å². The number of halogens is 1. The molecule has 1 heterocycles. The van der Waals surface area contributed by atoms with Crippen molar-refractivity contribution in [3.8, 4) is 0 Å². The van der Waals surface area contributed by atoms with Crippen molar-refractivity contribution in [2.24, 2.45) is 0 Å². The van der Waals surface area contributed by atoms with Crippen LogP contribution in [0, 0.1) is 0 Å². The van der Waals surface area contributed by atoms with Crippen LogP contribution < -0.4 is 0 Å². The third-order valence-corrected chi connectivity index (χ3v) is 3.61. The van der Waals surface area contributed by atoms with Gasteiger partial charge in [0.05, 0.1) is 0 Å². The van der Waals surface area contributed by atoms with Gasteiger partial charge in [0.25, 0.3) is 0 Å². The number of rotatable bonds is 4. The molecule has 0 aliphatic carbocycles. The molecule has 0 aliphatic heterocycles. The van der Waals surface area contributed by atoms with Crippen LogP contribution in [-0.4, -0.2) is 27.2 Å². The first-order chi connectivity index (χ1) is 5.70. The van der Waals surface area contributed by atoms with Crippen molar-refractivity contribution in [3.63, 3.8) is 0 Å². The summed E-state index contributed by atoms with van der Waals surface area (Å²) in [5.74, 6) is -0.634. The highest BCUT2D eigenvalue weighted by atomic mass is 35.5. The van der Waals surface area contributed by atoms with E-state index in [9.17, 15) is 4.79 Å². The van der Waals surface area contributed by atoms with E-state index in [0.717, 1.165) is 4.34 Å². The lowest BCUT2D eigenvalue weighted by Gasteiger charge is -1.99. The van der Waals surface area contributed by atoms with Gasteiger partial charge < -0.3 is 5.11 Å². The Balaban J connectivity index is 2.31. The van der Waals surface area contributed by atoms with Gasteiger partial charge in [-0.3, -0.25) is 4.79 Å². The molecule has 0 amide bonds. The highest BCUT2D eigenvalue weighted by Gasteiger charge is 2.13. The fraction of sp³-hybridized carbons (Fsp3) is 0.333. The van der Waals surface area contributed by atoms with E-state index in [0.29, 0.717) is 5.75 Å². The van der Waals surface area contributed by atoms with Crippen LogP contribution >= 0.6 is 34.7 Å². The Bertz CT molecular complexity index is 252. The van der Waals surface area contributed by atoms with Gasteiger partial charge in [-0.05, 0) is 0 Å². The normalized spacial score (nSPS) is 12.8. The molecule has 66 valence electrons. The molecule has 0 radical (unpaired) electrons. The van der Waals surface area contributed by atoms with Crippen LogP contribution in [0.3, 0.4) is 0 Å². The third-order valence-electron chi connectivity index (χ3n) is 1.03. The summed E-state index contributed by atoms with van der Waals surface area (Å²) in [5.41, 5.74) is 0. The van der Waals surface area contributed by atoms with Gasteiger partial charge in [-0.1, -0.05) is 11.8 Å². The number of carboxylic acid groups (broad SMARTS) is 1. The van der Waals surface area contributed by atoms with Crippen LogP contribution in [0.15, 0.2) is 15.9 Å². The van der Waals surface area contributed by atoms with E-state index in [2.05, 4.69) is 4.98 Å². The van der Waals surface area contributed by atoms with E-state index < -0.39 is 11.3 Å². The first-order valence-corrected chi connectivity index (χ1v) is 5.39. The number of hydrogen-bond acceptors (Lipinski definition) is 4. The first kappa shape index (κ1) is 9.83. The SMILES string of the molecule is O=C(O)C(Cl)CSc1nccs1. The summed E-state index contributed by atoms with van der Waals surface area (Å²) >= 11 is 8.32. The number of hydrogen-bond donors (Lipinski definition) is 1. The van der Waals surface area contributed by atoms with E-state index in [1.54, 1.807) is 6.20 Å². The summed E-state index contributed by atoms with van der Waals surface area (Å²) in [6.45, 7) is 0. The minimum Gasteiger partial charge on any atom is -0.480 e. The number of nitrogens with zero attached hydrogens (tertiary/aromatic N) is 1. The number of thiazole rings is 1. The van der Waals surface area contributed by atoms with Crippen molar-refractivity contribution in [1.29, 1.82) is 0 Å². The molecule has 1 rings (SSSR count). The Hall–Kier alpha value is -0.260. The number of aliphatic carboxylic acids is 1. The molecule has 1 unspecified atom stereocenters. The second-order valence-corrected chi connectivity index (χ2v) is 4.60. The summed E-state index contributed by atoms with van der Waals surface area (Å²) in [5, 5.41) is 9.45. The molecule has 0 fully saturated rings. The molecule has 0 bridgehead atoms. The molecule has 12 heavy (non-hydrogen) atoms. The number of aromatic nitrogens is 1. The van der Waals surface area contributed by atoms with Gasteiger partial charge in [-0.15, -0.1) is 22.9 Å². The number of thioether (sulfide) groups is 1. The van der Waals surface area contributed by atoms with Crippen LogP contribution in [0.2, 0.25) is 0 Å². The predicted octanol–water partition coefficient (Wildman–Crippen LogP) is 1.93. The van der Waals surface area contributed by atoms with Gasteiger partial charge in [0.1, 0.15) is 9.72 Å². The molecule has 1 N–H and O–H groups in total. The van der Waals surface area contributed by atoms with Gasteiger partial charge in [0.2, 0.25) is 0 Å². The zero-order valence-corrected chi connectivity index (χ0v) is 8.33. The van der Waals surface area contributed by atoms with Crippen molar-refractivity contribution < 1.29 is 9.90 Å². The zero-order valence-electron chi connectivity index (χ0n) is 5.94. The molecule has 1 atom stereocenters. The molecule has 1 aromatic rings. The Kier molecular flexibility index (Phi) is 3.84. The highest BCUT2D eigenvalue weighted by Crippen LogP contribution is 2.22. The quantitative estimate of drug-likeness (QED) is 0.626. The minimum atomic E-state index is -0.985. The number of carbonyl (C=O) groups is 1. The fourth-order valence-corrected chi connectivity index (χ4v) is 2.26. The van der Waals surface area contributed by atoms with Crippen molar-refractivity contribution in [1.82, 2.24) is 4.98 Å². The molecule has 3 nitrogen and oxygen atoms in total. The molecular weight excluding hydrogens is 218 g/mol. The molecule has 0 aromatic carbocycles. The van der Waals surface area contributed by atoms with E-state index in [1.165, 1.54) is 23.1 Å². The maximum Gasteiger partial charge on any atom is 0.322 e. The van der Waals surface area contributed by atoms with Gasteiger partial charge in [-0.25, -0.2) is 4.98 Å². The van der Waals surface area contributed by atoms with Crippen LogP contribution in [0.4, 0.5) is 0 Å². The van der Waals surface area contributed by atoms with Gasteiger partial charge >= 0.3 is 5.97 Å². The first-order valence-electron chi connectivity index (χ1n) is 3.09. The van der Waals surface area contributed by atoms with Crippen LogP contribution in [-0.2, 0) is 4.79 Å². The van der Waals surface area contributed by atoms with Crippen LogP contribution in [0.25, 0.3) is 0 Å². The summed E-state index contributed by atoms with van der Waals surface area (Å²) < 4.78 is 0.849. The molecule has 6 heteroatoms. The van der Waals surface area contributed by atoms with E-state index in [4.69, 9.17) is 16.7 Å². The van der Waals surface area contributed by atoms with E-state index in [1.807, 2.05) is 5.38 Å². The maximum absolute atomic E-state index is 10.3. The Morgan fingerprint density at radius 1 is 1.92 bits per heavy atom. The van der Waals surface area contributed by atoms with Gasteiger partial charge in [0, 0.05) is 17.3 Å². The third kappa shape index (κ3) is 3.00. The maximum atomic E-state index is 10.3. The lowest BCUT2D eigenvalue weighted by atomic mass is 10.5. The molecular formula is C6H6ClNO2S2. The van der Waals surface area contributed by atoms with E-state index in [-0.39, 0.29) is 0 Å². The van der Waals surface area contributed by atoms with E-state index >= 15 is 0 Å².